The Morgan fingerprint density at radius 1 is 1.40 bits per heavy atom. The highest BCUT2D eigenvalue weighted by Gasteiger charge is 1.98. The Balaban J connectivity index is 2.12. The van der Waals surface area contributed by atoms with E-state index < -0.39 is 0 Å². The molecule has 2 rings (SSSR count). The topological polar surface area (TPSA) is 28.7 Å². The van der Waals surface area contributed by atoms with Crippen molar-refractivity contribution < 1.29 is 4.42 Å². The molecule has 0 saturated heterocycles. The standard InChI is InChI=1S/C10H12N2OS2/c1-12(2)10-6-9(14-15-10)11-7-8-4-3-5-13-8/h3-6H,7H2,1-2H3/b11-9-. The molecule has 0 radical (unpaired) electrons. The summed E-state index contributed by atoms with van der Waals surface area (Å²) >= 11 is 0. The molecule has 0 aliphatic rings. The first-order valence-electron chi connectivity index (χ1n) is 4.56. The van der Waals surface area contributed by atoms with Crippen LogP contribution in [0.15, 0.2) is 33.9 Å². The number of hydrogen-bond donors (Lipinski definition) is 0. The van der Waals surface area contributed by atoms with Crippen molar-refractivity contribution in [1.29, 1.82) is 0 Å². The average Bonchev–Trinajstić information content (AvgIpc) is 2.86. The van der Waals surface area contributed by atoms with Gasteiger partial charge >= 0.3 is 0 Å². The SMILES string of the molecule is CN(C)c1c/c(=N/Cc2ccco2)ss1. The van der Waals surface area contributed by atoms with Gasteiger partial charge in [0.1, 0.15) is 15.4 Å². The minimum Gasteiger partial charge on any atom is -0.467 e. The molecule has 2 aromatic rings. The summed E-state index contributed by atoms with van der Waals surface area (Å²) in [4.78, 5) is 6.55. The molecular formula is C10H12N2OS2. The zero-order chi connectivity index (χ0) is 10.7. The Morgan fingerprint density at radius 3 is 2.87 bits per heavy atom. The van der Waals surface area contributed by atoms with Gasteiger partial charge in [-0.1, -0.05) is 20.7 Å². The van der Waals surface area contributed by atoms with E-state index in [0.29, 0.717) is 6.54 Å². The highest BCUT2D eigenvalue weighted by atomic mass is 32.9. The van der Waals surface area contributed by atoms with Crippen LogP contribution < -0.4 is 9.57 Å². The van der Waals surface area contributed by atoms with Crippen LogP contribution in [0.1, 0.15) is 5.76 Å². The smallest absolute Gasteiger partial charge is 0.125 e. The molecule has 5 heteroatoms. The van der Waals surface area contributed by atoms with E-state index in [0.717, 1.165) is 10.4 Å². The largest absolute Gasteiger partial charge is 0.467 e. The van der Waals surface area contributed by atoms with E-state index in [2.05, 4.69) is 16.0 Å². The fourth-order valence-electron chi connectivity index (χ4n) is 1.07. The first kappa shape index (κ1) is 10.4. The zero-order valence-corrected chi connectivity index (χ0v) is 10.3. The first-order valence-corrected chi connectivity index (χ1v) is 6.71. The molecule has 0 fully saturated rings. The van der Waals surface area contributed by atoms with Crippen molar-refractivity contribution in [2.24, 2.45) is 4.99 Å². The summed E-state index contributed by atoms with van der Waals surface area (Å²) in [5, 5.41) is 1.23. The molecule has 2 heterocycles. The lowest BCUT2D eigenvalue weighted by molar-refractivity contribution is 0.511. The normalized spacial score (nSPS) is 12.0. The van der Waals surface area contributed by atoms with E-state index in [9.17, 15) is 0 Å². The third-order valence-electron chi connectivity index (χ3n) is 1.87. The van der Waals surface area contributed by atoms with Gasteiger partial charge in [-0.05, 0) is 12.1 Å². The summed E-state index contributed by atoms with van der Waals surface area (Å²) in [7, 11) is 7.50. The Hall–Kier alpha value is -1.07. The third kappa shape index (κ3) is 2.70. The maximum Gasteiger partial charge on any atom is 0.125 e. The van der Waals surface area contributed by atoms with Gasteiger partial charge in [-0.3, -0.25) is 4.99 Å². The molecule has 2 aromatic heterocycles. The summed E-state index contributed by atoms with van der Waals surface area (Å²) in [6.07, 6.45) is 1.67. The molecule has 0 N–H and O–H groups in total. The van der Waals surface area contributed by atoms with Gasteiger partial charge in [0.25, 0.3) is 0 Å². The van der Waals surface area contributed by atoms with E-state index in [-0.39, 0.29) is 0 Å². The second-order valence-corrected chi connectivity index (χ2v) is 5.45. The minimum absolute atomic E-state index is 0.618. The maximum atomic E-state index is 5.21. The maximum absolute atomic E-state index is 5.21. The Morgan fingerprint density at radius 2 is 2.27 bits per heavy atom. The quantitative estimate of drug-likeness (QED) is 0.771. The molecule has 0 atom stereocenters. The van der Waals surface area contributed by atoms with Crippen molar-refractivity contribution in [2.45, 2.75) is 6.54 Å². The number of anilines is 1. The van der Waals surface area contributed by atoms with Crippen molar-refractivity contribution in [1.82, 2.24) is 0 Å². The van der Waals surface area contributed by atoms with Crippen LogP contribution in [0.25, 0.3) is 0 Å². The predicted octanol–water partition coefficient (Wildman–Crippen LogP) is 2.57. The number of hydrogen-bond acceptors (Lipinski definition) is 5. The lowest BCUT2D eigenvalue weighted by atomic mass is 10.4. The fourth-order valence-corrected chi connectivity index (χ4v) is 3.31. The summed E-state index contributed by atoms with van der Waals surface area (Å²) in [5.41, 5.74) is 0. The van der Waals surface area contributed by atoms with E-state index in [1.54, 1.807) is 26.9 Å². The van der Waals surface area contributed by atoms with Gasteiger partial charge in [0.15, 0.2) is 0 Å². The van der Waals surface area contributed by atoms with Gasteiger partial charge < -0.3 is 9.32 Å². The molecule has 0 spiro atoms. The van der Waals surface area contributed by atoms with Crippen LogP contribution in [0, 0.1) is 0 Å². The number of rotatable bonds is 3. The number of nitrogens with zero attached hydrogens (tertiary/aromatic N) is 2. The molecule has 3 nitrogen and oxygen atoms in total. The van der Waals surface area contributed by atoms with Crippen LogP contribution in [0.2, 0.25) is 0 Å². The summed E-state index contributed by atoms with van der Waals surface area (Å²) in [6, 6.07) is 5.92. The average molecular weight is 240 g/mol. The third-order valence-corrected chi connectivity index (χ3v) is 4.30. The van der Waals surface area contributed by atoms with Crippen molar-refractivity contribution in [3.05, 3.63) is 34.9 Å². The number of furan rings is 1. The lowest BCUT2D eigenvalue weighted by Crippen LogP contribution is -2.07. The molecule has 0 amide bonds. The minimum atomic E-state index is 0.618. The van der Waals surface area contributed by atoms with Gasteiger partial charge in [0.05, 0.1) is 12.8 Å². The molecular weight excluding hydrogens is 228 g/mol. The van der Waals surface area contributed by atoms with Gasteiger partial charge in [-0.15, -0.1) is 0 Å². The molecule has 80 valence electrons. The van der Waals surface area contributed by atoms with Gasteiger partial charge in [-0.2, -0.15) is 0 Å². The van der Waals surface area contributed by atoms with Crippen LogP contribution in [-0.4, -0.2) is 14.1 Å². The molecule has 0 unspecified atom stereocenters. The molecule has 0 aliphatic heterocycles. The zero-order valence-electron chi connectivity index (χ0n) is 8.64. The van der Waals surface area contributed by atoms with Crippen LogP contribution in [0.5, 0.6) is 0 Å². The molecule has 0 saturated carbocycles. The van der Waals surface area contributed by atoms with Crippen LogP contribution >= 0.6 is 20.7 Å². The Kier molecular flexibility index (Phi) is 3.23. The van der Waals surface area contributed by atoms with Crippen LogP contribution in [-0.2, 0) is 6.54 Å². The van der Waals surface area contributed by atoms with Crippen molar-refractivity contribution in [3.63, 3.8) is 0 Å². The predicted molar refractivity (Wildman–Crippen MR) is 64.5 cm³/mol. The van der Waals surface area contributed by atoms with Gasteiger partial charge in [0.2, 0.25) is 0 Å². The summed E-state index contributed by atoms with van der Waals surface area (Å²) < 4.78 is 6.27. The van der Waals surface area contributed by atoms with E-state index in [1.807, 2.05) is 26.2 Å². The monoisotopic (exact) mass is 240 g/mol. The van der Waals surface area contributed by atoms with Crippen molar-refractivity contribution in [2.75, 3.05) is 19.0 Å². The first-order chi connectivity index (χ1) is 7.25. The van der Waals surface area contributed by atoms with Gasteiger partial charge in [-0.25, -0.2) is 0 Å². The fraction of sp³-hybridized carbons (Fsp3) is 0.300. The Bertz CT molecular complexity index is 468. The van der Waals surface area contributed by atoms with E-state index >= 15 is 0 Å². The van der Waals surface area contributed by atoms with Crippen LogP contribution in [0.3, 0.4) is 0 Å². The summed E-state index contributed by atoms with van der Waals surface area (Å²) in [6.45, 7) is 0.618. The molecule has 0 aliphatic carbocycles. The second-order valence-electron chi connectivity index (χ2n) is 3.28. The summed E-state index contributed by atoms with van der Waals surface area (Å²) in [5.74, 6) is 0.903. The molecule has 0 aromatic carbocycles. The highest BCUT2D eigenvalue weighted by Crippen LogP contribution is 2.19. The van der Waals surface area contributed by atoms with Gasteiger partial charge in [0, 0.05) is 20.2 Å². The lowest BCUT2D eigenvalue weighted by Gasteiger charge is -2.05. The Labute approximate surface area is 95.7 Å². The van der Waals surface area contributed by atoms with Crippen LogP contribution in [0.4, 0.5) is 5.00 Å². The molecule has 0 bridgehead atoms. The molecule has 15 heavy (non-hydrogen) atoms. The van der Waals surface area contributed by atoms with E-state index in [1.165, 1.54) is 5.00 Å². The van der Waals surface area contributed by atoms with E-state index in [4.69, 9.17) is 4.42 Å². The highest BCUT2D eigenvalue weighted by molar-refractivity contribution is 7.70. The van der Waals surface area contributed by atoms with Crippen molar-refractivity contribution >= 4 is 25.7 Å². The van der Waals surface area contributed by atoms with Crippen molar-refractivity contribution in [3.8, 4) is 0 Å². The second kappa shape index (κ2) is 4.63.